The zero-order valence-corrected chi connectivity index (χ0v) is 10.6. The number of hydrogen-bond acceptors (Lipinski definition) is 2. The van der Waals surface area contributed by atoms with Crippen molar-refractivity contribution in [3.63, 3.8) is 0 Å². The molecule has 0 atom stereocenters. The van der Waals surface area contributed by atoms with Gasteiger partial charge in [0.1, 0.15) is 0 Å². The Hall–Kier alpha value is -2.37. The molecule has 0 bridgehead atoms. The van der Waals surface area contributed by atoms with Crippen LogP contribution in [0.4, 0.5) is 0 Å². The van der Waals surface area contributed by atoms with E-state index in [9.17, 15) is 9.59 Å². The molecule has 0 unspecified atom stereocenters. The van der Waals surface area contributed by atoms with Crippen molar-refractivity contribution >= 4 is 23.2 Å². The van der Waals surface area contributed by atoms with E-state index >= 15 is 0 Å². The van der Waals surface area contributed by atoms with E-state index in [0.29, 0.717) is 10.6 Å². The summed E-state index contributed by atoms with van der Waals surface area (Å²) >= 11 is 5.71. The van der Waals surface area contributed by atoms with E-state index in [2.05, 4.69) is 11.8 Å². The third-order valence-corrected chi connectivity index (χ3v) is 2.66. The molecule has 0 aliphatic heterocycles. The fourth-order valence-corrected chi connectivity index (χ4v) is 1.57. The number of rotatable bonds is 2. The highest BCUT2D eigenvalue weighted by Crippen LogP contribution is 2.10. The number of carbonyl (C=O) groups is 2. The first-order valence-electron chi connectivity index (χ1n) is 5.58. The van der Waals surface area contributed by atoms with Crippen LogP contribution in [0.2, 0.25) is 5.02 Å². The van der Waals surface area contributed by atoms with Crippen molar-refractivity contribution in [2.45, 2.75) is 0 Å². The van der Waals surface area contributed by atoms with Crippen molar-refractivity contribution in [3.05, 3.63) is 70.7 Å². The number of carbonyl (C=O) groups excluding carboxylic acids is 2. The summed E-state index contributed by atoms with van der Waals surface area (Å²) in [7, 11) is 0. The molecule has 0 saturated carbocycles. The van der Waals surface area contributed by atoms with Crippen molar-refractivity contribution < 1.29 is 9.59 Å². The fraction of sp³-hybridized carbons (Fsp3) is 0. The molecule has 0 aliphatic carbocycles. The topological polar surface area (TPSA) is 34.1 Å². The van der Waals surface area contributed by atoms with Crippen molar-refractivity contribution in [1.82, 2.24) is 0 Å². The standard InChI is InChI=1S/C16H9ClO2/c17-14-9-7-13(8-10-14)16(19)15(18)11-6-12-4-2-1-3-5-12/h1-5,7-10H. The first-order valence-corrected chi connectivity index (χ1v) is 5.96. The summed E-state index contributed by atoms with van der Waals surface area (Å²) in [5.74, 6) is 3.65. The van der Waals surface area contributed by atoms with Gasteiger partial charge in [0.2, 0.25) is 5.78 Å². The van der Waals surface area contributed by atoms with Gasteiger partial charge in [-0.2, -0.15) is 0 Å². The quantitative estimate of drug-likeness (QED) is 0.476. The smallest absolute Gasteiger partial charge is 0.276 e. The molecule has 0 amide bonds. The summed E-state index contributed by atoms with van der Waals surface area (Å²) in [5.41, 5.74) is 0.983. The number of Topliss-reactive ketones (excluding diaryl/α,β-unsaturated/α-hetero) is 2. The molecule has 0 N–H and O–H groups in total. The zero-order chi connectivity index (χ0) is 13.7. The van der Waals surface area contributed by atoms with Crippen LogP contribution in [-0.4, -0.2) is 11.6 Å². The van der Waals surface area contributed by atoms with Crippen LogP contribution >= 0.6 is 11.6 Å². The minimum atomic E-state index is -0.730. The second-order valence-electron chi connectivity index (χ2n) is 3.78. The Labute approximate surface area is 116 Å². The highest BCUT2D eigenvalue weighted by atomic mass is 35.5. The van der Waals surface area contributed by atoms with Crippen molar-refractivity contribution in [3.8, 4) is 11.8 Å². The van der Waals surface area contributed by atoms with Gasteiger partial charge in [0.15, 0.2) is 0 Å². The molecular formula is C16H9ClO2. The van der Waals surface area contributed by atoms with Crippen LogP contribution in [-0.2, 0) is 4.79 Å². The lowest BCUT2D eigenvalue weighted by Crippen LogP contribution is -2.11. The summed E-state index contributed by atoms with van der Waals surface area (Å²) in [6, 6.07) is 15.2. The van der Waals surface area contributed by atoms with Crippen LogP contribution < -0.4 is 0 Å². The van der Waals surface area contributed by atoms with Gasteiger partial charge >= 0.3 is 0 Å². The minimum Gasteiger partial charge on any atom is -0.284 e. The minimum absolute atomic E-state index is 0.289. The number of benzene rings is 2. The predicted octanol–water partition coefficient (Wildman–Crippen LogP) is 3.14. The maximum Gasteiger partial charge on any atom is 0.276 e. The van der Waals surface area contributed by atoms with Crippen LogP contribution in [0.5, 0.6) is 0 Å². The summed E-state index contributed by atoms with van der Waals surface area (Å²) in [4.78, 5) is 23.4. The fourth-order valence-electron chi connectivity index (χ4n) is 1.44. The average molecular weight is 269 g/mol. The van der Waals surface area contributed by atoms with Gasteiger partial charge in [-0.15, -0.1) is 0 Å². The Kier molecular flexibility index (Phi) is 4.12. The predicted molar refractivity (Wildman–Crippen MR) is 74.1 cm³/mol. The highest BCUT2D eigenvalue weighted by molar-refractivity contribution is 6.49. The summed E-state index contributed by atoms with van der Waals surface area (Å²) in [5, 5.41) is 0.513. The molecule has 0 spiro atoms. The van der Waals surface area contributed by atoms with Gasteiger partial charge in [-0.25, -0.2) is 0 Å². The van der Waals surface area contributed by atoms with Gasteiger partial charge in [0.05, 0.1) is 0 Å². The monoisotopic (exact) mass is 268 g/mol. The Balaban J connectivity index is 2.15. The molecule has 2 rings (SSSR count). The molecule has 2 nitrogen and oxygen atoms in total. The Morgan fingerprint density at radius 1 is 0.895 bits per heavy atom. The number of ketones is 2. The third-order valence-electron chi connectivity index (χ3n) is 2.41. The van der Waals surface area contributed by atoms with E-state index in [1.165, 1.54) is 12.1 Å². The summed E-state index contributed by atoms with van der Waals surface area (Å²) in [6.07, 6.45) is 0. The van der Waals surface area contributed by atoms with E-state index in [0.717, 1.165) is 0 Å². The van der Waals surface area contributed by atoms with Crippen LogP contribution in [0.1, 0.15) is 15.9 Å². The molecule has 0 aromatic heterocycles. The lowest BCUT2D eigenvalue weighted by molar-refractivity contribution is -0.110. The first kappa shape index (κ1) is 13.1. The van der Waals surface area contributed by atoms with Gasteiger partial charge in [0, 0.05) is 16.1 Å². The van der Waals surface area contributed by atoms with E-state index in [4.69, 9.17) is 11.6 Å². The van der Waals surface area contributed by atoms with Gasteiger partial charge in [-0.3, -0.25) is 9.59 Å². The van der Waals surface area contributed by atoms with Crippen molar-refractivity contribution in [2.24, 2.45) is 0 Å². The molecule has 0 aliphatic rings. The normalized spacial score (nSPS) is 9.32. The summed E-state index contributed by atoms with van der Waals surface area (Å²) in [6.45, 7) is 0. The molecular weight excluding hydrogens is 260 g/mol. The first-order chi connectivity index (χ1) is 9.16. The molecule has 19 heavy (non-hydrogen) atoms. The summed E-state index contributed by atoms with van der Waals surface area (Å²) < 4.78 is 0. The molecule has 92 valence electrons. The maximum atomic E-state index is 11.8. The van der Waals surface area contributed by atoms with Crippen molar-refractivity contribution in [1.29, 1.82) is 0 Å². The van der Waals surface area contributed by atoms with Gasteiger partial charge in [0.25, 0.3) is 5.78 Å². The van der Waals surface area contributed by atoms with E-state index in [1.807, 2.05) is 18.2 Å². The van der Waals surface area contributed by atoms with Crippen LogP contribution in [0.25, 0.3) is 0 Å². The molecule has 0 fully saturated rings. The molecule has 0 radical (unpaired) electrons. The SMILES string of the molecule is O=C(C#Cc1ccccc1)C(=O)c1ccc(Cl)cc1. The second kappa shape index (κ2) is 5.99. The van der Waals surface area contributed by atoms with Crippen LogP contribution in [0.15, 0.2) is 54.6 Å². The Morgan fingerprint density at radius 2 is 1.53 bits per heavy atom. The third kappa shape index (κ3) is 3.54. The van der Waals surface area contributed by atoms with E-state index in [1.54, 1.807) is 24.3 Å². The number of halogens is 1. The van der Waals surface area contributed by atoms with Gasteiger partial charge < -0.3 is 0 Å². The largest absolute Gasteiger partial charge is 0.284 e. The average Bonchev–Trinajstić information content (AvgIpc) is 2.46. The lowest BCUT2D eigenvalue weighted by atomic mass is 10.1. The Bertz CT molecular complexity index is 661. The molecule has 0 saturated heterocycles. The van der Waals surface area contributed by atoms with E-state index < -0.39 is 11.6 Å². The molecule has 2 aromatic carbocycles. The lowest BCUT2D eigenvalue weighted by Gasteiger charge is -1.95. The number of hydrogen-bond donors (Lipinski definition) is 0. The van der Waals surface area contributed by atoms with Crippen molar-refractivity contribution in [2.75, 3.05) is 0 Å². The van der Waals surface area contributed by atoms with E-state index in [-0.39, 0.29) is 5.56 Å². The van der Waals surface area contributed by atoms with Crippen LogP contribution in [0, 0.1) is 11.8 Å². The zero-order valence-electron chi connectivity index (χ0n) is 9.89. The maximum absolute atomic E-state index is 11.8. The molecule has 2 aromatic rings. The molecule has 0 heterocycles. The Morgan fingerprint density at radius 3 is 2.16 bits per heavy atom. The van der Waals surface area contributed by atoms with Crippen LogP contribution in [0.3, 0.4) is 0 Å². The van der Waals surface area contributed by atoms with Gasteiger partial charge in [-0.05, 0) is 42.3 Å². The van der Waals surface area contributed by atoms with Gasteiger partial charge in [-0.1, -0.05) is 35.7 Å². The highest BCUT2D eigenvalue weighted by Gasteiger charge is 2.13. The second-order valence-corrected chi connectivity index (χ2v) is 4.22. The molecule has 3 heteroatoms.